The summed E-state index contributed by atoms with van der Waals surface area (Å²) >= 11 is 3.45. The molecule has 9 nitrogen and oxygen atoms in total. The van der Waals surface area contributed by atoms with Gasteiger partial charge in [-0.2, -0.15) is 4.98 Å². The van der Waals surface area contributed by atoms with Gasteiger partial charge in [0.05, 0.1) is 26.9 Å². The molecule has 2 heterocycles. The zero-order chi connectivity index (χ0) is 23.0. The van der Waals surface area contributed by atoms with E-state index in [9.17, 15) is 4.79 Å². The number of benzene rings is 2. The molecule has 2 aromatic carbocycles. The van der Waals surface area contributed by atoms with Crippen molar-refractivity contribution in [1.82, 2.24) is 14.8 Å². The number of fused-ring (bicyclic) bond motifs is 1. The van der Waals surface area contributed by atoms with Crippen LogP contribution in [-0.2, 0) is 4.79 Å². The summed E-state index contributed by atoms with van der Waals surface area (Å²) in [6.07, 6.45) is 0. The fraction of sp³-hybridized carbons (Fsp3) is 0.227. The van der Waals surface area contributed by atoms with Crippen LogP contribution in [0.4, 0.5) is 5.95 Å². The maximum Gasteiger partial charge on any atom is 0.248 e. The van der Waals surface area contributed by atoms with Crippen LogP contribution in [0.5, 0.6) is 17.2 Å². The van der Waals surface area contributed by atoms with Gasteiger partial charge in [-0.25, -0.2) is 4.68 Å². The van der Waals surface area contributed by atoms with Crippen molar-refractivity contribution in [2.45, 2.75) is 13.0 Å². The largest absolute Gasteiger partial charge is 0.493 e. The van der Waals surface area contributed by atoms with E-state index in [4.69, 9.17) is 25.0 Å². The predicted molar refractivity (Wildman–Crippen MR) is 123 cm³/mol. The number of ether oxygens (including phenoxy) is 3. The van der Waals surface area contributed by atoms with Crippen LogP contribution in [0.25, 0.3) is 11.4 Å². The van der Waals surface area contributed by atoms with Crippen LogP contribution < -0.4 is 25.3 Å². The normalized spacial score (nSPS) is 15.1. The summed E-state index contributed by atoms with van der Waals surface area (Å²) in [5.41, 5.74) is 8.30. The van der Waals surface area contributed by atoms with Gasteiger partial charge in [-0.1, -0.05) is 28.1 Å². The van der Waals surface area contributed by atoms with E-state index in [1.165, 1.54) is 0 Å². The standard InChI is InChI=1S/C22H22BrN5O4/c1-11-17(20(24)29)18(12-5-7-14(23)8-6-12)28-22(25-11)26-21(27-28)13-9-15(30-2)19(32-4)16(10-13)31-3/h5-10,18H,1-4H3,(H2,24,29)(H,25,26,27). The van der Waals surface area contributed by atoms with Crippen LogP contribution in [0.15, 0.2) is 52.1 Å². The molecule has 166 valence electrons. The first-order chi connectivity index (χ1) is 15.4. The number of hydrogen-bond acceptors (Lipinski definition) is 7. The number of carbonyl (C=O) groups is 1. The van der Waals surface area contributed by atoms with Crippen molar-refractivity contribution < 1.29 is 19.0 Å². The number of aromatic nitrogens is 3. The molecule has 0 saturated carbocycles. The molecule has 0 radical (unpaired) electrons. The van der Waals surface area contributed by atoms with Crippen LogP contribution >= 0.6 is 15.9 Å². The minimum Gasteiger partial charge on any atom is -0.493 e. The molecule has 1 amide bonds. The molecule has 1 aliphatic heterocycles. The number of nitrogens with two attached hydrogens (primary N) is 1. The van der Waals surface area contributed by atoms with Crippen molar-refractivity contribution in [1.29, 1.82) is 0 Å². The molecule has 0 fully saturated rings. The predicted octanol–water partition coefficient (Wildman–Crippen LogP) is 3.51. The number of amides is 1. The number of allylic oxidation sites excluding steroid dienone is 1. The van der Waals surface area contributed by atoms with Crippen LogP contribution in [0.1, 0.15) is 18.5 Å². The third-order valence-electron chi connectivity index (χ3n) is 5.23. The summed E-state index contributed by atoms with van der Waals surface area (Å²) in [5.74, 6) is 1.83. The molecule has 0 spiro atoms. The fourth-order valence-electron chi connectivity index (χ4n) is 3.76. The lowest BCUT2D eigenvalue weighted by Gasteiger charge is -2.27. The van der Waals surface area contributed by atoms with E-state index < -0.39 is 11.9 Å². The number of anilines is 1. The van der Waals surface area contributed by atoms with Gasteiger partial charge in [-0.15, -0.1) is 5.10 Å². The highest BCUT2D eigenvalue weighted by molar-refractivity contribution is 9.10. The number of nitrogens with zero attached hydrogens (tertiary/aromatic N) is 3. The Kier molecular flexibility index (Phi) is 5.79. The topological polar surface area (TPSA) is 114 Å². The molecule has 4 rings (SSSR count). The smallest absolute Gasteiger partial charge is 0.248 e. The zero-order valence-corrected chi connectivity index (χ0v) is 19.6. The lowest BCUT2D eigenvalue weighted by Crippen LogP contribution is -2.31. The van der Waals surface area contributed by atoms with Crippen molar-refractivity contribution in [3.63, 3.8) is 0 Å². The summed E-state index contributed by atoms with van der Waals surface area (Å²) in [6, 6.07) is 10.7. The minimum atomic E-state index is -0.529. The maximum absolute atomic E-state index is 12.3. The van der Waals surface area contributed by atoms with Gasteiger partial charge in [-0.3, -0.25) is 4.79 Å². The molecule has 32 heavy (non-hydrogen) atoms. The Bertz CT molecular complexity index is 1190. The first kappa shape index (κ1) is 21.7. The Morgan fingerprint density at radius 2 is 1.72 bits per heavy atom. The van der Waals surface area contributed by atoms with E-state index in [1.807, 2.05) is 24.3 Å². The quantitative estimate of drug-likeness (QED) is 0.533. The lowest BCUT2D eigenvalue weighted by molar-refractivity contribution is -0.115. The number of rotatable bonds is 6. The second-order valence-electron chi connectivity index (χ2n) is 7.10. The molecule has 1 atom stereocenters. The van der Waals surface area contributed by atoms with Gasteiger partial charge in [0.25, 0.3) is 0 Å². The molecule has 0 saturated heterocycles. The third kappa shape index (κ3) is 3.66. The monoisotopic (exact) mass is 499 g/mol. The Balaban J connectivity index is 1.88. The highest BCUT2D eigenvalue weighted by Crippen LogP contribution is 2.42. The molecule has 0 bridgehead atoms. The first-order valence-corrected chi connectivity index (χ1v) is 10.5. The average molecular weight is 500 g/mol. The van der Waals surface area contributed by atoms with E-state index in [0.29, 0.717) is 45.9 Å². The Labute approximate surface area is 193 Å². The van der Waals surface area contributed by atoms with Crippen molar-refractivity contribution in [2.75, 3.05) is 26.6 Å². The molecular weight excluding hydrogens is 478 g/mol. The second kappa shape index (κ2) is 8.54. The summed E-state index contributed by atoms with van der Waals surface area (Å²) in [7, 11) is 4.63. The van der Waals surface area contributed by atoms with E-state index in [1.54, 1.807) is 45.1 Å². The van der Waals surface area contributed by atoms with Gasteiger partial charge < -0.3 is 25.3 Å². The molecular formula is C22H22BrN5O4. The number of primary amides is 1. The highest BCUT2D eigenvalue weighted by atomic mass is 79.9. The van der Waals surface area contributed by atoms with E-state index in [2.05, 4.69) is 26.2 Å². The van der Waals surface area contributed by atoms with Gasteiger partial charge in [0.1, 0.15) is 6.04 Å². The van der Waals surface area contributed by atoms with Crippen molar-refractivity contribution in [3.05, 3.63) is 57.7 Å². The minimum absolute atomic E-state index is 0.418. The number of hydrogen-bond donors (Lipinski definition) is 2. The van der Waals surface area contributed by atoms with Crippen LogP contribution in [-0.4, -0.2) is 42.0 Å². The van der Waals surface area contributed by atoms with Gasteiger partial charge in [-0.05, 0) is 36.8 Å². The van der Waals surface area contributed by atoms with Gasteiger partial charge in [0.2, 0.25) is 17.6 Å². The summed E-state index contributed by atoms with van der Waals surface area (Å²) < 4.78 is 18.9. The number of halogens is 1. The lowest BCUT2D eigenvalue weighted by atomic mass is 9.95. The summed E-state index contributed by atoms with van der Waals surface area (Å²) in [5, 5.41) is 7.86. The number of carbonyl (C=O) groups excluding carboxylic acids is 1. The third-order valence-corrected chi connectivity index (χ3v) is 5.76. The van der Waals surface area contributed by atoms with Crippen LogP contribution in [0, 0.1) is 0 Å². The second-order valence-corrected chi connectivity index (χ2v) is 8.02. The van der Waals surface area contributed by atoms with Crippen LogP contribution in [0.3, 0.4) is 0 Å². The maximum atomic E-state index is 12.3. The molecule has 1 unspecified atom stereocenters. The van der Waals surface area contributed by atoms with Gasteiger partial charge in [0, 0.05) is 15.7 Å². The molecule has 1 aromatic heterocycles. The average Bonchev–Trinajstić information content (AvgIpc) is 3.21. The van der Waals surface area contributed by atoms with Crippen LogP contribution in [0.2, 0.25) is 0 Å². The van der Waals surface area contributed by atoms with E-state index in [0.717, 1.165) is 10.0 Å². The Morgan fingerprint density at radius 1 is 1.09 bits per heavy atom. The SMILES string of the molecule is COc1cc(-c2nc3n(n2)C(c2ccc(Br)cc2)C(C(N)=O)=C(C)N3)cc(OC)c1OC. The van der Waals surface area contributed by atoms with Crippen molar-refractivity contribution in [2.24, 2.45) is 5.73 Å². The molecule has 0 aliphatic carbocycles. The number of methoxy groups -OCH3 is 3. The van der Waals surface area contributed by atoms with Crippen molar-refractivity contribution >= 4 is 27.8 Å². The van der Waals surface area contributed by atoms with E-state index >= 15 is 0 Å². The first-order valence-electron chi connectivity index (χ1n) is 9.67. The Hall–Kier alpha value is -3.53. The zero-order valence-electron chi connectivity index (χ0n) is 18.0. The number of nitrogens with one attached hydrogen (secondary N) is 1. The molecule has 3 aromatic rings. The van der Waals surface area contributed by atoms with Gasteiger partial charge >= 0.3 is 0 Å². The molecule has 10 heteroatoms. The fourth-order valence-corrected chi connectivity index (χ4v) is 4.02. The summed E-state index contributed by atoms with van der Waals surface area (Å²) in [4.78, 5) is 17.0. The summed E-state index contributed by atoms with van der Waals surface area (Å²) in [6.45, 7) is 1.79. The van der Waals surface area contributed by atoms with Crippen molar-refractivity contribution in [3.8, 4) is 28.6 Å². The van der Waals surface area contributed by atoms with Gasteiger partial charge in [0.15, 0.2) is 17.3 Å². The molecule has 3 N–H and O–H groups in total. The van der Waals surface area contributed by atoms with E-state index in [-0.39, 0.29) is 0 Å². The molecule has 1 aliphatic rings. The Morgan fingerprint density at radius 3 is 2.25 bits per heavy atom. The highest BCUT2D eigenvalue weighted by Gasteiger charge is 2.33.